The van der Waals surface area contributed by atoms with E-state index in [1.165, 1.54) is 12.1 Å². The van der Waals surface area contributed by atoms with Gasteiger partial charge in [-0.25, -0.2) is 4.79 Å². The zero-order valence-corrected chi connectivity index (χ0v) is 22.6. The smallest absolute Gasteiger partial charge is 0.338 e. The summed E-state index contributed by atoms with van der Waals surface area (Å²) < 4.78 is 6.12. The van der Waals surface area contributed by atoms with Gasteiger partial charge in [0.15, 0.2) is 6.61 Å². The van der Waals surface area contributed by atoms with Crippen molar-refractivity contribution in [3.8, 4) is 0 Å². The van der Waals surface area contributed by atoms with Crippen LogP contribution in [0.3, 0.4) is 0 Å². The fraction of sp³-hybridized carbons (Fsp3) is 0.385. The number of halogens is 3. The number of nitrogens with zero attached hydrogens (tertiary/aromatic N) is 1. The van der Waals surface area contributed by atoms with E-state index in [0.29, 0.717) is 12.1 Å². The summed E-state index contributed by atoms with van der Waals surface area (Å²) in [5.74, 6) is -3.06. The van der Waals surface area contributed by atoms with Gasteiger partial charge in [-0.3, -0.25) is 19.3 Å². The Bertz CT molecular complexity index is 1270. The minimum atomic E-state index is -0.739. The first kappa shape index (κ1) is 25.2. The maximum absolute atomic E-state index is 13.2. The van der Waals surface area contributed by atoms with E-state index in [1.54, 1.807) is 18.2 Å². The normalized spacial score (nSPS) is 28.4. The summed E-state index contributed by atoms with van der Waals surface area (Å²) in [6.45, 7) is 3.33. The number of anilines is 2. The molecule has 0 spiro atoms. The van der Waals surface area contributed by atoms with Crippen molar-refractivity contribution in [3.05, 3.63) is 57.6 Å². The summed E-state index contributed by atoms with van der Waals surface area (Å²) in [5.41, 5.74) is 2.93. The van der Waals surface area contributed by atoms with Crippen molar-refractivity contribution in [3.63, 3.8) is 0 Å². The first-order chi connectivity index (χ1) is 17.1. The van der Waals surface area contributed by atoms with Crippen LogP contribution in [-0.2, 0) is 19.1 Å². The Morgan fingerprint density at radius 2 is 1.67 bits per heavy atom. The van der Waals surface area contributed by atoms with E-state index in [2.05, 4.69) is 21.2 Å². The molecular weight excluding hydrogens is 571 g/mol. The maximum Gasteiger partial charge on any atom is 0.338 e. The van der Waals surface area contributed by atoms with Crippen molar-refractivity contribution in [2.45, 2.75) is 31.0 Å². The first-order valence-corrected chi connectivity index (χ1v) is 13.3. The van der Waals surface area contributed by atoms with Crippen LogP contribution in [-0.4, -0.2) is 41.1 Å². The number of carbonyl (C=O) groups excluding carboxylic acids is 4. The topological polar surface area (TPSA) is 92.8 Å². The predicted molar refractivity (Wildman–Crippen MR) is 139 cm³/mol. The van der Waals surface area contributed by atoms with E-state index in [-0.39, 0.29) is 45.7 Å². The molecule has 1 saturated heterocycles. The van der Waals surface area contributed by atoms with Crippen LogP contribution < -0.4 is 10.2 Å². The van der Waals surface area contributed by atoms with Crippen molar-refractivity contribution >= 4 is 74.2 Å². The number of esters is 1. The lowest BCUT2D eigenvalue weighted by atomic mass is 9.80. The molecule has 3 aliphatic rings. The van der Waals surface area contributed by atoms with Crippen LogP contribution in [0.2, 0.25) is 0 Å². The number of benzene rings is 2. The van der Waals surface area contributed by atoms with Crippen molar-refractivity contribution in [2.24, 2.45) is 23.7 Å². The second kappa shape index (κ2) is 9.47. The Morgan fingerprint density at radius 3 is 2.31 bits per heavy atom. The molecule has 1 aliphatic heterocycles. The Hall–Kier alpha value is -2.42. The lowest BCUT2D eigenvalue weighted by Crippen LogP contribution is -2.37. The minimum absolute atomic E-state index is 0.127. The van der Waals surface area contributed by atoms with Crippen LogP contribution in [0.4, 0.5) is 11.4 Å². The standard InChI is InChI=1S/C26H23BrCl2N2O5/c1-11-12(2)18(7-6-17(11)27)30-19(32)10-36-26(35)13-4-3-5-14(8-13)31-24(33)20-15-9-16(21(20)25(31)34)23(29)22(15)28/h3-8,15-16,20-23H,9-10H2,1-2H3,(H,30,32)/t15-,16-,20-,21+,22-,23+/m1/s1. The molecule has 0 unspecified atom stereocenters. The van der Waals surface area contributed by atoms with Crippen molar-refractivity contribution in [1.82, 2.24) is 0 Å². The number of hydrogen-bond acceptors (Lipinski definition) is 5. The number of rotatable bonds is 5. The molecule has 0 radical (unpaired) electrons. The van der Waals surface area contributed by atoms with Gasteiger partial charge in [0.05, 0.1) is 33.8 Å². The summed E-state index contributed by atoms with van der Waals surface area (Å²) in [5, 5.41) is 2.06. The Kier molecular flexibility index (Phi) is 6.64. The number of carbonyl (C=O) groups is 4. The third kappa shape index (κ3) is 4.03. The molecule has 2 saturated carbocycles. The van der Waals surface area contributed by atoms with Gasteiger partial charge in [0.2, 0.25) is 11.8 Å². The molecule has 10 heteroatoms. The summed E-state index contributed by atoms with van der Waals surface area (Å²) >= 11 is 16.3. The number of ether oxygens (including phenoxy) is 1. The molecule has 7 nitrogen and oxygen atoms in total. The molecule has 36 heavy (non-hydrogen) atoms. The predicted octanol–water partition coefficient (Wildman–Crippen LogP) is 4.83. The van der Waals surface area contributed by atoms with E-state index in [0.717, 1.165) is 20.5 Å². The SMILES string of the molecule is Cc1c(Br)ccc(NC(=O)COC(=O)c2cccc(N3C(=O)[C@@H]4[C@H]5C[C@@H]([C@H](Cl)[C@@H]5Cl)[C@@H]4C3=O)c2)c1C. The number of hydrogen-bond donors (Lipinski definition) is 1. The summed E-state index contributed by atoms with van der Waals surface area (Å²) in [6, 6.07) is 9.69. The van der Waals surface area contributed by atoms with E-state index >= 15 is 0 Å². The third-order valence-corrected chi connectivity index (χ3v) is 9.83. The minimum Gasteiger partial charge on any atom is -0.452 e. The molecule has 3 fully saturated rings. The lowest BCUT2D eigenvalue weighted by molar-refractivity contribution is -0.123. The number of alkyl halides is 2. The van der Waals surface area contributed by atoms with E-state index < -0.39 is 30.3 Å². The van der Waals surface area contributed by atoms with Crippen LogP contribution >= 0.6 is 39.1 Å². The summed E-state index contributed by atoms with van der Waals surface area (Å²) in [7, 11) is 0. The molecule has 2 aromatic carbocycles. The third-order valence-electron chi connectivity index (χ3n) is 7.66. The number of amides is 3. The van der Waals surface area contributed by atoms with Crippen LogP contribution in [0.5, 0.6) is 0 Å². The summed E-state index contributed by atoms with van der Waals surface area (Å²) in [6.07, 6.45) is 0.677. The second-order valence-corrected chi connectivity index (χ2v) is 11.4. The average molecular weight is 594 g/mol. The fourth-order valence-electron chi connectivity index (χ4n) is 5.70. The number of nitrogens with one attached hydrogen (secondary N) is 1. The Labute approximate surface area is 226 Å². The van der Waals surface area contributed by atoms with Gasteiger partial charge in [-0.15, -0.1) is 23.2 Å². The fourth-order valence-corrected chi connectivity index (χ4v) is 7.02. The average Bonchev–Trinajstić information content (AvgIpc) is 3.47. The van der Waals surface area contributed by atoms with Crippen LogP contribution in [0.1, 0.15) is 27.9 Å². The number of fused-ring (bicyclic) bond motifs is 5. The molecule has 2 aliphatic carbocycles. The van der Waals surface area contributed by atoms with Gasteiger partial charge in [-0.1, -0.05) is 22.0 Å². The van der Waals surface area contributed by atoms with Gasteiger partial charge in [0, 0.05) is 10.2 Å². The highest BCUT2D eigenvalue weighted by Crippen LogP contribution is 2.59. The van der Waals surface area contributed by atoms with Crippen molar-refractivity contribution in [1.29, 1.82) is 0 Å². The highest BCUT2D eigenvalue weighted by Gasteiger charge is 2.66. The Morgan fingerprint density at radius 1 is 1.03 bits per heavy atom. The molecule has 5 rings (SSSR count). The van der Waals surface area contributed by atoms with Gasteiger partial charge < -0.3 is 10.1 Å². The lowest BCUT2D eigenvalue weighted by Gasteiger charge is -2.28. The molecule has 1 heterocycles. The quantitative estimate of drug-likeness (QED) is 0.304. The molecule has 6 atom stereocenters. The van der Waals surface area contributed by atoms with Gasteiger partial charge in [-0.05, 0) is 73.6 Å². The second-order valence-electron chi connectivity index (χ2n) is 9.54. The van der Waals surface area contributed by atoms with Gasteiger partial charge >= 0.3 is 5.97 Å². The van der Waals surface area contributed by atoms with E-state index in [4.69, 9.17) is 27.9 Å². The Balaban J connectivity index is 1.26. The highest BCUT2D eigenvalue weighted by molar-refractivity contribution is 9.10. The first-order valence-electron chi connectivity index (χ1n) is 11.6. The van der Waals surface area contributed by atoms with Crippen molar-refractivity contribution in [2.75, 3.05) is 16.8 Å². The van der Waals surface area contributed by atoms with E-state index in [1.807, 2.05) is 19.9 Å². The number of imide groups is 1. The highest BCUT2D eigenvalue weighted by atomic mass is 79.9. The monoisotopic (exact) mass is 592 g/mol. The van der Waals surface area contributed by atoms with Crippen LogP contribution in [0, 0.1) is 37.5 Å². The zero-order chi connectivity index (χ0) is 25.9. The van der Waals surface area contributed by atoms with Gasteiger partial charge in [0.1, 0.15) is 0 Å². The summed E-state index contributed by atoms with van der Waals surface area (Å²) in [4.78, 5) is 52.6. The largest absolute Gasteiger partial charge is 0.452 e. The molecule has 2 bridgehead atoms. The molecule has 0 aromatic heterocycles. The van der Waals surface area contributed by atoms with E-state index in [9.17, 15) is 19.2 Å². The molecule has 188 valence electrons. The molecule has 1 N–H and O–H groups in total. The molecule has 2 aromatic rings. The van der Waals surface area contributed by atoms with Crippen LogP contribution in [0.25, 0.3) is 0 Å². The molecular formula is C26H23BrCl2N2O5. The zero-order valence-electron chi connectivity index (χ0n) is 19.5. The molecule has 3 amide bonds. The van der Waals surface area contributed by atoms with Crippen molar-refractivity contribution < 1.29 is 23.9 Å². The maximum atomic E-state index is 13.2. The van der Waals surface area contributed by atoms with Gasteiger partial charge in [-0.2, -0.15) is 0 Å². The van der Waals surface area contributed by atoms with Crippen LogP contribution in [0.15, 0.2) is 40.9 Å². The van der Waals surface area contributed by atoms with Gasteiger partial charge in [0.25, 0.3) is 5.91 Å².